The number of carbonyl (C=O) groups is 1. The molecule has 1 aromatic heterocycles. The third-order valence-corrected chi connectivity index (χ3v) is 6.61. The van der Waals surface area contributed by atoms with Crippen LogP contribution in [0.25, 0.3) is 22.3 Å². The molecule has 2 fully saturated rings. The SMILES string of the molecule is O=C(O)N(C[C@H]1CCCCO1)C1CCN(c2nc(-c3ccccc3O)nc3ccc(F)cc23)C1. The Balaban J connectivity index is 1.47. The molecule has 5 rings (SSSR count). The molecule has 2 aromatic carbocycles. The zero-order valence-electron chi connectivity index (χ0n) is 18.7. The average Bonchev–Trinajstić information content (AvgIpc) is 3.32. The first kappa shape index (κ1) is 22.3. The van der Waals surface area contributed by atoms with E-state index < -0.39 is 11.9 Å². The van der Waals surface area contributed by atoms with E-state index >= 15 is 0 Å². The van der Waals surface area contributed by atoms with Gasteiger partial charge in [-0.2, -0.15) is 0 Å². The van der Waals surface area contributed by atoms with E-state index in [9.17, 15) is 19.4 Å². The fourth-order valence-electron chi connectivity index (χ4n) is 4.85. The quantitative estimate of drug-likeness (QED) is 0.579. The smallest absolute Gasteiger partial charge is 0.407 e. The van der Waals surface area contributed by atoms with Gasteiger partial charge in [0.15, 0.2) is 5.82 Å². The van der Waals surface area contributed by atoms with E-state index in [1.807, 2.05) is 4.90 Å². The molecule has 8 nitrogen and oxygen atoms in total. The highest BCUT2D eigenvalue weighted by Crippen LogP contribution is 2.34. The highest BCUT2D eigenvalue weighted by molar-refractivity contribution is 5.91. The van der Waals surface area contributed by atoms with Gasteiger partial charge in [-0.3, -0.25) is 0 Å². The van der Waals surface area contributed by atoms with Crippen molar-refractivity contribution in [1.82, 2.24) is 14.9 Å². The van der Waals surface area contributed by atoms with Crippen molar-refractivity contribution in [3.8, 4) is 17.1 Å². The maximum absolute atomic E-state index is 14.1. The summed E-state index contributed by atoms with van der Waals surface area (Å²) in [6, 6.07) is 10.9. The first-order valence-corrected chi connectivity index (χ1v) is 11.6. The first-order chi connectivity index (χ1) is 16.5. The van der Waals surface area contributed by atoms with Gasteiger partial charge in [-0.1, -0.05) is 12.1 Å². The van der Waals surface area contributed by atoms with E-state index in [0.717, 1.165) is 19.3 Å². The van der Waals surface area contributed by atoms with Crippen LogP contribution in [-0.2, 0) is 4.74 Å². The molecule has 0 radical (unpaired) electrons. The number of para-hydroxylation sites is 1. The molecule has 1 amide bonds. The summed E-state index contributed by atoms with van der Waals surface area (Å²) in [5.74, 6) is 0.523. The lowest BCUT2D eigenvalue weighted by molar-refractivity contribution is -0.00879. The summed E-state index contributed by atoms with van der Waals surface area (Å²) >= 11 is 0. The zero-order chi connectivity index (χ0) is 23.7. The van der Waals surface area contributed by atoms with Gasteiger partial charge in [0.25, 0.3) is 0 Å². The number of rotatable bonds is 5. The molecule has 1 unspecified atom stereocenters. The molecule has 3 aromatic rings. The van der Waals surface area contributed by atoms with Crippen LogP contribution in [0.4, 0.5) is 15.0 Å². The molecule has 2 saturated heterocycles. The second-order valence-corrected chi connectivity index (χ2v) is 8.86. The van der Waals surface area contributed by atoms with E-state index in [1.54, 1.807) is 30.3 Å². The van der Waals surface area contributed by atoms with Crippen molar-refractivity contribution in [2.75, 3.05) is 31.1 Å². The van der Waals surface area contributed by atoms with Gasteiger partial charge >= 0.3 is 6.09 Å². The fraction of sp³-hybridized carbons (Fsp3) is 0.400. The summed E-state index contributed by atoms with van der Waals surface area (Å²) in [6.07, 6.45) is 2.50. The molecule has 2 N–H and O–H groups in total. The molecule has 0 spiro atoms. The maximum atomic E-state index is 14.1. The van der Waals surface area contributed by atoms with Gasteiger partial charge < -0.3 is 24.7 Å². The van der Waals surface area contributed by atoms with Crippen LogP contribution in [0.5, 0.6) is 5.75 Å². The average molecular weight is 467 g/mol. The van der Waals surface area contributed by atoms with Crippen LogP contribution in [0.1, 0.15) is 25.7 Å². The molecule has 2 aliphatic heterocycles. The van der Waals surface area contributed by atoms with E-state index in [2.05, 4.69) is 4.98 Å². The number of aromatic hydroxyl groups is 1. The Kier molecular flexibility index (Phi) is 6.19. The second kappa shape index (κ2) is 9.42. The minimum atomic E-state index is -0.963. The number of phenolic OH excluding ortho intramolecular Hbond substituents is 1. The molecule has 9 heteroatoms. The maximum Gasteiger partial charge on any atom is 0.407 e. The van der Waals surface area contributed by atoms with Crippen LogP contribution in [-0.4, -0.2) is 69.6 Å². The zero-order valence-corrected chi connectivity index (χ0v) is 18.7. The number of hydrogen-bond acceptors (Lipinski definition) is 6. The molecular formula is C25H27FN4O4. The predicted molar refractivity (Wildman–Crippen MR) is 126 cm³/mol. The van der Waals surface area contributed by atoms with Crippen molar-refractivity contribution in [3.05, 3.63) is 48.3 Å². The molecule has 3 heterocycles. The number of fused-ring (bicyclic) bond motifs is 1. The Morgan fingerprint density at radius 1 is 1.18 bits per heavy atom. The monoisotopic (exact) mass is 466 g/mol. The normalized spacial score (nSPS) is 20.6. The second-order valence-electron chi connectivity index (χ2n) is 8.86. The number of aromatic nitrogens is 2. The summed E-state index contributed by atoms with van der Waals surface area (Å²) in [6.45, 7) is 2.02. The summed E-state index contributed by atoms with van der Waals surface area (Å²) in [4.78, 5) is 24.8. The number of ether oxygens (including phenoxy) is 1. The number of halogens is 1. The number of phenols is 1. The van der Waals surface area contributed by atoms with Crippen LogP contribution >= 0.6 is 0 Å². The van der Waals surface area contributed by atoms with Gasteiger partial charge in [0.05, 0.1) is 29.8 Å². The van der Waals surface area contributed by atoms with Crippen LogP contribution in [0.15, 0.2) is 42.5 Å². The van der Waals surface area contributed by atoms with Gasteiger partial charge in [-0.05, 0) is 56.0 Å². The molecule has 0 bridgehead atoms. The lowest BCUT2D eigenvalue weighted by Crippen LogP contribution is -2.46. The standard InChI is InChI=1S/C25H27FN4O4/c26-16-8-9-21-20(13-16)24(28-23(27-21)19-6-1-2-7-22(19)31)29-11-10-17(14-29)30(25(32)33)15-18-5-3-4-12-34-18/h1-2,6-9,13,17-18,31H,3-5,10-12,14-15H2,(H,32,33)/t17?,18-/m1/s1. The minimum Gasteiger partial charge on any atom is -0.507 e. The number of carboxylic acid groups (broad SMARTS) is 1. The van der Waals surface area contributed by atoms with E-state index in [1.165, 1.54) is 17.0 Å². The van der Waals surface area contributed by atoms with Crippen LogP contribution in [0.3, 0.4) is 0 Å². The molecule has 0 saturated carbocycles. The number of benzene rings is 2. The lowest BCUT2D eigenvalue weighted by atomic mass is 10.1. The van der Waals surface area contributed by atoms with Gasteiger partial charge in [-0.25, -0.2) is 19.2 Å². The Morgan fingerprint density at radius 3 is 2.79 bits per heavy atom. The Hall–Kier alpha value is -3.46. The fourth-order valence-corrected chi connectivity index (χ4v) is 4.85. The lowest BCUT2D eigenvalue weighted by Gasteiger charge is -2.32. The van der Waals surface area contributed by atoms with E-state index in [-0.39, 0.29) is 17.9 Å². The molecule has 34 heavy (non-hydrogen) atoms. The highest BCUT2D eigenvalue weighted by Gasteiger charge is 2.34. The van der Waals surface area contributed by atoms with Crippen molar-refractivity contribution in [2.24, 2.45) is 0 Å². The van der Waals surface area contributed by atoms with Crippen LogP contribution in [0.2, 0.25) is 0 Å². The van der Waals surface area contributed by atoms with Crippen LogP contribution < -0.4 is 4.90 Å². The largest absolute Gasteiger partial charge is 0.507 e. The minimum absolute atomic E-state index is 0.0544. The number of anilines is 1. The van der Waals surface area contributed by atoms with Crippen molar-refractivity contribution in [1.29, 1.82) is 0 Å². The Morgan fingerprint density at radius 2 is 2.03 bits per heavy atom. The van der Waals surface area contributed by atoms with Gasteiger partial charge in [0, 0.05) is 25.1 Å². The Labute approximate surface area is 196 Å². The van der Waals surface area contributed by atoms with Crippen molar-refractivity contribution in [3.63, 3.8) is 0 Å². The third kappa shape index (κ3) is 4.48. The van der Waals surface area contributed by atoms with Crippen molar-refractivity contribution >= 4 is 22.8 Å². The summed E-state index contributed by atoms with van der Waals surface area (Å²) in [5.41, 5.74) is 1.03. The van der Waals surface area contributed by atoms with Gasteiger partial charge in [0.1, 0.15) is 17.4 Å². The number of hydrogen-bond donors (Lipinski definition) is 2. The van der Waals surface area contributed by atoms with E-state index in [0.29, 0.717) is 60.8 Å². The first-order valence-electron chi connectivity index (χ1n) is 11.6. The topological polar surface area (TPSA) is 99.0 Å². The summed E-state index contributed by atoms with van der Waals surface area (Å²) in [5, 5.41) is 20.8. The molecular weight excluding hydrogens is 439 g/mol. The third-order valence-electron chi connectivity index (χ3n) is 6.61. The molecule has 0 aliphatic carbocycles. The predicted octanol–water partition coefficient (Wildman–Crippen LogP) is 4.27. The molecule has 2 atom stereocenters. The van der Waals surface area contributed by atoms with Crippen LogP contribution in [0, 0.1) is 5.82 Å². The highest BCUT2D eigenvalue weighted by atomic mass is 19.1. The number of amides is 1. The van der Waals surface area contributed by atoms with Crippen molar-refractivity contribution in [2.45, 2.75) is 37.8 Å². The summed E-state index contributed by atoms with van der Waals surface area (Å²) < 4.78 is 19.9. The summed E-state index contributed by atoms with van der Waals surface area (Å²) in [7, 11) is 0. The molecule has 2 aliphatic rings. The molecule has 178 valence electrons. The Bertz CT molecular complexity index is 1200. The number of nitrogens with zero attached hydrogens (tertiary/aromatic N) is 4. The van der Waals surface area contributed by atoms with Crippen molar-refractivity contribution < 1.29 is 24.1 Å². The van der Waals surface area contributed by atoms with Gasteiger partial charge in [0.2, 0.25) is 0 Å². The van der Waals surface area contributed by atoms with E-state index in [4.69, 9.17) is 9.72 Å². The van der Waals surface area contributed by atoms with Gasteiger partial charge in [-0.15, -0.1) is 0 Å².